The summed E-state index contributed by atoms with van der Waals surface area (Å²) in [6.45, 7) is 4.74. The van der Waals surface area contributed by atoms with Gasteiger partial charge in [-0.2, -0.15) is 5.26 Å². The minimum Gasteiger partial charge on any atom is -0.485 e. The third-order valence-corrected chi connectivity index (χ3v) is 5.29. The predicted molar refractivity (Wildman–Crippen MR) is 112 cm³/mol. The lowest BCUT2D eigenvalue weighted by Crippen LogP contribution is -2.54. The lowest BCUT2D eigenvalue weighted by molar-refractivity contribution is -0.141. The van der Waals surface area contributed by atoms with E-state index in [0.717, 1.165) is 12.1 Å². The molecule has 8 nitrogen and oxygen atoms in total. The number of hydrogen-bond donors (Lipinski definition) is 2. The Bertz CT molecular complexity index is 1090. The van der Waals surface area contributed by atoms with E-state index in [9.17, 15) is 29.5 Å². The number of carboxylic acids is 1. The smallest absolute Gasteiger partial charge is 0.338 e. The van der Waals surface area contributed by atoms with Gasteiger partial charge in [0.15, 0.2) is 0 Å². The lowest BCUT2D eigenvalue weighted by Gasteiger charge is -2.46. The summed E-state index contributed by atoms with van der Waals surface area (Å²) in [6.07, 6.45) is -1.20. The van der Waals surface area contributed by atoms with Crippen LogP contribution in [-0.4, -0.2) is 47.0 Å². The fourth-order valence-electron chi connectivity index (χ4n) is 3.73. The molecule has 0 radical (unpaired) electrons. The van der Waals surface area contributed by atoms with E-state index in [2.05, 4.69) is 0 Å². The van der Waals surface area contributed by atoms with Crippen molar-refractivity contribution in [2.75, 3.05) is 18.1 Å². The summed E-state index contributed by atoms with van der Waals surface area (Å²) >= 11 is 0. The van der Waals surface area contributed by atoms with Crippen LogP contribution in [0.1, 0.15) is 48.3 Å². The molecule has 0 aliphatic carbocycles. The molecule has 168 valence electrons. The molecule has 2 aromatic carbocycles. The third-order valence-electron chi connectivity index (χ3n) is 5.29. The van der Waals surface area contributed by atoms with Crippen molar-refractivity contribution in [1.29, 1.82) is 5.26 Å². The summed E-state index contributed by atoms with van der Waals surface area (Å²) in [6, 6.07) is 9.23. The highest BCUT2D eigenvalue weighted by atomic mass is 19.1. The summed E-state index contributed by atoms with van der Waals surface area (Å²) in [5, 5.41) is 29.9. The second kappa shape index (κ2) is 8.85. The first kappa shape index (κ1) is 23.0. The normalized spacial score (nSPS) is 18.6. The van der Waals surface area contributed by atoms with E-state index >= 15 is 0 Å². The number of aliphatic hydroxyl groups is 1. The number of aliphatic hydroxyl groups excluding tert-OH is 1. The average molecular weight is 442 g/mol. The molecule has 0 aromatic heterocycles. The van der Waals surface area contributed by atoms with Crippen molar-refractivity contribution in [3.8, 4) is 11.8 Å². The number of aromatic carboxylic acids is 1. The van der Waals surface area contributed by atoms with Gasteiger partial charge in [-0.1, -0.05) is 0 Å². The molecule has 3 rings (SSSR count). The Kier molecular flexibility index (Phi) is 6.37. The number of rotatable bonds is 6. The summed E-state index contributed by atoms with van der Waals surface area (Å²) in [5.74, 6) is -2.63. The summed E-state index contributed by atoms with van der Waals surface area (Å²) < 4.78 is 25.0. The zero-order chi connectivity index (χ0) is 23.6. The molecule has 32 heavy (non-hydrogen) atoms. The van der Waals surface area contributed by atoms with E-state index in [-0.39, 0.29) is 18.8 Å². The molecule has 1 aliphatic heterocycles. The number of ether oxygens (including phenoxy) is 2. The molecule has 9 heteroatoms. The number of carbonyl (C=O) groups excluding carboxylic acids is 1. The molecule has 0 saturated heterocycles. The molecule has 2 aromatic rings. The highest BCUT2D eigenvalue weighted by Gasteiger charge is 2.46. The molecule has 2 atom stereocenters. The number of esters is 1. The van der Waals surface area contributed by atoms with Gasteiger partial charge >= 0.3 is 11.9 Å². The Hall–Kier alpha value is -3.64. The molecule has 0 bridgehead atoms. The number of fused-ring (bicyclic) bond motifs is 1. The Labute approximate surface area is 184 Å². The van der Waals surface area contributed by atoms with Gasteiger partial charge in [0, 0.05) is 11.3 Å². The van der Waals surface area contributed by atoms with Crippen LogP contribution in [0.2, 0.25) is 0 Å². The quantitative estimate of drug-likeness (QED) is 0.655. The SMILES string of the molecule is CCOC(=O)CN(c1ccc(F)c(C(=O)O)c1)[C@H]1c2cc(C#N)ccc2OC(C)(C)[C@@H]1O. The van der Waals surface area contributed by atoms with Gasteiger partial charge < -0.3 is 24.6 Å². The standard InChI is InChI=1S/C23H23FN2O6/c1-4-31-19(27)12-26(14-6-7-17(24)15(10-14)22(29)30)20-16-9-13(11-25)5-8-18(16)32-23(2,3)21(20)28/h5-10,20-21,28H,4,12H2,1-3H3,(H,29,30)/t20-,21+/m0/s1. The van der Waals surface area contributed by atoms with Gasteiger partial charge in [0.1, 0.15) is 29.8 Å². The average Bonchev–Trinajstić information content (AvgIpc) is 2.73. The van der Waals surface area contributed by atoms with Crippen molar-refractivity contribution in [3.05, 3.63) is 58.9 Å². The number of carboxylic acid groups (broad SMARTS) is 1. The van der Waals surface area contributed by atoms with Crippen molar-refractivity contribution in [2.24, 2.45) is 0 Å². The molecule has 1 heterocycles. The van der Waals surface area contributed by atoms with E-state index in [1.807, 2.05) is 6.07 Å². The summed E-state index contributed by atoms with van der Waals surface area (Å²) in [4.78, 5) is 25.4. The van der Waals surface area contributed by atoms with E-state index in [1.54, 1.807) is 32.9 Å². The van der Waals surface area contributed by atoms with E-state index < -0.39 is 41.1 Å². The zero-order valence-electron chi connectivity index (χ0n) is 17.8. The van der Waals surface area contributed by atoms with Gasteiger partial charge in [-0.15, -0.1) is 0 Å². The molecular formula is C23H23FN2O6. The first-order valence-electron chi connectivity index (χ1n) is 9.95. The summed E-state index contributed by atoms with van der Waals surface area (Å²) in [5.41, 5.74) is -0.740. The van der Waals surface area contributed by atoms with Crippen molar-refractivity contribution in [2.45, 2.75) is 38.5 Å². The van der Waals surface area contributed by atoms with Crippen LogP contribution in [0.15, 0.2) is 36.4 Å². The van der Waals surface area contributed by atoms with Gasteiger partial charge in [-0.25, -0.2) is 9.18 Å². The fraction of sp³-hybridized carbons (Fsp3) is 0.348. The highest BCUT2D eigenvalue weighted by Crippen LogP contribution is 2.44. The van der Waals surface area contributed by atoms with Crippen molar-refractivity contribution < 1.29 is 33.7 Å². The fourth-order valence-corrected chi connectivity index (χ4v) is 3.73. The molecule has 0 amide bonds. The number of nitrogens with zero attached hydrogens (tertiary/aromatic N) is 2. The first-order valence-corrected chi connectivity index (χ1v) is 9.95. The lowest BCUT2D eigenvalue weighted by atomic mass is 9.84. The topological polar surface area (TPSA) is 120 Å². The Morgan fingerprint density at radius 2 is 2.00 bits per heavy atom. The second-order valence-electron chi connectivity index (χ2n) is 7.86. The highest BCUT2D eigenvalue weighted by molar-refractivity contribution is 5.89. The monoisotopic (exact) mass is 442 g/mol. The summed E-state index contributed by atoms with van der Waals surface area (Å²) in [7, 11) is 0. The Balaban J connectivity index is 2.22. The first-order chi connectivity index (χ1) is 15.1. The number of carbonyl (C=O) groups is 2. The number of anilines is 1. The van der Waals surface area contributed by atoms with E-state index in [1.165, 1.54) is 17.0 Å². The van der Waals surface area contributed by atoms with Crippen LogP contribution in [0.3, 0.4) is 0 Å². The molecule has 0 spiro atoms. The molecule has 2 N–H and O–H groups in total. The van der Waals surface area contributed by atoms with E-state index in [4.69, 9.17) is 9.47 Å². The minimum absolute atomic E-state index is 0.119. The Morgan fingerprint density at radius 1 is 1.28 bits per heavy atom. The van der Waals surface area contributed by atoms with Gasteiger partial charge in [0.25, 0.3) is 0 Å². The number of nitriles is 1. The maximum atomic E-state index is 14.1. The zero-order valence-corrected chi connectivity index (χ0v) is 17.8. The third kappa shape index (κ3) is 4.36. The van der Waals surface area contributed by atoms with Crippen LogP contribution in [0, 0.1) is 17.1 Å². The molecule has 0 unspecified atom stereocenters. The molecular weight excluding hydrogens is 419 g/mol. The van der Waals surface area contributed by atoms with Crippen LogP contribution in [0.25, 0.3) is 0 Å². The number of hydrogen-bond acceptors (Lipinski definition) is 7. The second-order valence-corrected chi connectivity index (χ2v) is 7.86. The maximum absolute atomic E-state index is 14.1. The van der Waals surface area contributed by atoms with Crippen LogP contribution < -0.4 is 9.64 Å². The van der Waals surface area contributed by atoms with Crippen LogP contribution in [-0.2, 0) is 9.53 Å². The molecule has 1 aliphatic rings. The van der Waals surface area contributed by atoms with Crippen molar-refractivity contribution >= 4 is 17.6 Å². The van der Waals surface area contributed by atoms with Crippen LogP contribution >= 0.6 is 0 Å². The van der Waals surface area contributed by atoms with Crippen LogP contribution in [0.5, 0.6) is 5.75 Å². The van der Waals surface area contributed by atoms with Gasteiger partial charge in [0.05, 0.1) is 29.8 Å². The number of benzene rings is 2. The maximum Gasteiger partial charge on any atom is 0.338 e. The van der Waals surface area contributed by atoms with Gasteiger partial charge in [-0.3, -0.25) is 4.79 Å². The molecule has 0 saturated carbocycles. The Morgan fingerprint density at radius 3 is 2.62 bits per heavy atom. The van der Waals surface area contributed by atoms with E-state index in [0.29, 0.717) is 16.9 Å². The number of halogens is 1. The van der Waals surface area contributed by atoms with Crippen molar-refractivity contribution in [3.63, 3.8) is 0 Å². The van der Waals surface area contributed by atoms with Gasteiger partial charge in [0.2, 0.25) is 0 Å². The van der Waals surface area contributed by atoms with Gasteiger partial charge in [-0.05, 0) is 57.2 Å². The van der Waals surface area contributed by atoms with Crippen LogP contribution in [0.4, 0.5) is 10.1 Å². The largest absolute Gasteiger partial charge is 0.485 e. The van der Waals surface area contributed by atoms with Crippen molar-refractivity contribution in [1.82, 2.24) is 0 Å². The molecule has 0 fully saturated rings. The minimum atomic E-state index is -1.47. The predicted octanol–water partition coefficient (Wildman–Crippen LogP) is 3.04.